The SMILES string of the molecule is CCNC(C1CCC(C)CC1)C1CCC(C(C)(C)C)CC1. The first kappa shape index (κ1) is 17.3. The van der Waals surface area contributed by atoms with Crippen LogP contribution in [-0.4, -0.2) is 12.6 Å². The minimum absolute atomic E-state index is 0.513. The maximum Gasteiger partial charge on any atom is 0.0123 e. The number of nitrogens with one attached hydrogen (secondary N) is 1. The molecule has 2 aliphatic carbocycles. The Morgan fingerprint density at radius 2 is 1.33 bits per heavy atom. The molecule has 0 aliphatic heterocycles. The van der Waals surface area contributed by atoms with Gasteiger partial charge in [0.25, 0.3) is 0 Å². The highest BCUT2D eigenvalue weighted by Crippen LogP contribution is 2.43. The molecule has 0 bridgehead atoms. The maximum atomic E-state index is 3.89. The lowest BCUT2D eigenvalue weighted by Gasteiger charge is -2.43. The summed E-state index contributed by atoms with van der Waals surface area (Å²) >= 11 is 0. The molecule has 0 radical (unpaired) electrons. The predicted molar refractivity (Wildman–Crippen MR) is 93.5 cm³/mol. The van der Waals surface area contributed by atoms with Gasteiger partial charge in [0, 0.05) is 6.04 Å². The Morgan fingerprint density at radius 1 is 0.857 bits per heavy atom. The molecule has 2 saturated carbocycles. The van der Waals surface area contributed by atoms with E-state index in [1.165, 1.54) is 51.4 Å². The zero-order valence-electron chi connectivity index (χ0n) is 15.3. The third-order valence-electron chi connectivity index (χ3n) is 6.51. The lowest BCUT2D eigenvalue weighted by atomic mass is 9.66. The van der Waals surface area contributed by atoms with Crippen LogP contribution in [0.5, 0.6) is 0 Å². The van der Waals surface area contributed by atoms with E-state index in [1.54, 1.807) is 0 Å². The van der Waals surface area contributed by atoms with Gasteiger partial charge in [-0.3, -0.25) is 0 Å². The Bertz CT molecular complexity index is 287. The molecule has 1 N–H and O–H groups in total. The third-order valence-corrected chi connectivity index (χ3v) is 6.51. The molecule has 0 aromatic carbocycles. The van der Waals surface area contributed by atoms with Crippen molar-refractivity contribution in [2.45, 2.75) is 92.0 Å². The fourth-order valence-electron chi connectivity index (χ4n) is 4.94. The summed E-state index contributed by atoms with van der Waals surface area (Å²) in [5, 5.41) is 3.89. The highest BCUT2D eigenvalue weighted by Gasteiger charge is 2.36. The molecule has 0 amide bonds. The lowest BCUT2D eigenvalue weighted by molar-refractivity contribution is 0.103. The van der Waals surface area contributed by atoms with E-state index in [-0.39, 0.29) is 0 Å². The minimum Gasteiger partial charge on any atom is -0.314 e. The molecule has 0 heterocycles. The van der Waals surface area contributed by atoms with Crippen molar-refractivity contribution < 1.29 is 0 Å². The van der Waals surface area contributed by atoms with Gasteiger partial charge in [-0.2, -0.15) is 0 Å². The standard InChI is InChI=1S/C20H39N/c1-6-21-19(16-9-7-15(2)8-10-16)17-11-13-18(14-12-17)20(3,4)5/h15-19,21H,6-14H2,1-5H3. The first-order valence-electron chi connectivity index (χ1n) is 9.65. The van der Waals surface area contributed by atoms with Crippen molar-refractivity contribution in [2.24, 2.45) is 29.1 Å². The van der Waals surface area contributed by atoms with Gasteiger partial charge in [-0.05, 0) is 74.2 Å². The van der Waals surface area contributed by atoms with Crippen LogP contribution in [0.2, 0.25) is 0 Å². The van der Waals surface area contributed by atoms with E-state index >= 15 is 0 Å². The zero-order chi connectivity index (χ0) is 15.5. The molecule has 2 rings (SSSR count). The van der Waals surface area contributed by atoms with Crippen molar-refractivity contribution in [1.82, 2.24) is 5.32 Å². The normalized spacial score (nSPS) is 36.4. The Balaban J connectivity index is 1.91. The van der Waals surface area contributed by atoms with E-state index in [9.17, 15) is 0 Å². The van der Waals surface area contributed by atoms with Gasteiger partial charge in [0.05, 0.1) is 0 Å². The van der Waals surface area contributed by atoms with Crippen molar-refractivity contribution in [2.75, 3.05) is 6.54 Å². The average Bonchev–Trinajstić information content (AvgIpc) is 2.45. The second-order valence-electron chi connectivity index (χ2n) is 9.08. The van der Waals surface area contributed by atoms with Crippen LogP contribution in [0.15, 0.2) is 0 Å². The molecule has 124 valence electrons. The Hall–Kier alpha value is -0.0400. The summed E-state index contributed by atoms with van der Waals surface area (Å²) in [6.45, 7) is 13.2. The Morgan fingerprint density at radius 3 is 1.76 bits per heavy atom. The average molecular weight is 294 g/mol. The third kappa shape index (κ3) is 4.71. The molecule has 21 heavy (non-hydrogen) atoms. The van der Waals surface area contributed by atoms with Crippen LogP contribution < -0.4 is 5.32 Å². The van der Waals surface area contributed by atoms with E-state index in [0.717, 1.165) is 36.3 Å². The molecule has 1 atom stereocenters. The lowest BCUT2D eigenvalue weighted by Crippen LogP contribution is -2.45. The topological polar surface area (TPSA) is 12.0 Å². The molecule has 2 aliphatic rings. The van der Waals surface area contributed by atoms with Crippen molar-refractivity contribution >= 4 is 0 Å². The highest BCUT2D eigenvalue weighted by molar-refractivity contribution is 4.90. The quantitative estimate of drug-likeness (QED) is 0.707. The number of rotatable bonds is 4. The fraction of sp³-hybridized carbons (Fsp3) is 1.00. The van der Waals surface area contributed by atoms with E-state index in [2.05, 4.69) is 39.9 Å². The molecule has 0 saturated heterocycles. The van der Waals surface area contributed by atoms with Gasteiger partial charge in [0.1, 0.15) is 0 Å². The summed E-state index contributed by atoms with van der Waals surface area (Å²) in [5.74, 6) is 3.82. The number of hydrogen-bond donors (Lipinski definition) is 1. The van der Waals surface area contributed by atoms with Gasteiger partial charge in [-0.1, -0.05) is 47.5 Å². The Labute approximate surface area is 133 Å². The van der Waals surface area contributed by atoms with Crippen LogP contribution in [0.1, 0.15) is 86.0 Å². The molecule has 0 aromatic rings. The van der Waals surface area contributed by atoms with E-state index in [1.807, 2.05) is 0 Å². The summed E-state index contributed by atoms with van der Waals surface area (Å²) in [6.07, 6.45) is 11.7. The molecular formula is C20H39N. The largest absolute Gasteiger partial charge is 0.314 e. The maximum absolute atomic E-state index is 3.89. The zero-order valence-corrected chi connectivity index (χ0v) is 15.3. The van der Waals surface area contributed by atoms with Crippen LogP contribution in [0.3, 0.4) is 0 Å². The van der Waals surface area contributed by atoms with E-state index in [0.29, 0.717) is 5.41 Å². The highest BCUT2D eigenvalue weighted by atomic mass is 14.9. The van der Waals surface area contributed by atoms with E-state index in [4.69, 9.17) is 0 Å². The second-order valence-corrected chi connectivity index (χ2v) is 9.08. The molecule has 1 unspecified atom stereocenters. The van der Waals surface area contributed by atoms with Crippen molar-refractivity contribution in [1.29, 1.82) is 0 Å². The van der Waals surface area contributed by atoms with Crippen LogP contribution in [-0.2, 0) is 0 Å². The molecule has 0 spiro atoms. The first-order valence-corrected chi connectivity index (χ1v) is 9.65. The van der Waals surface area contributed by atoms with Crippen LogP contribution in [0.25, 0.3) is 0 Å². The predicted octanol–water partition coefficient (Wildman–Crippen LogP) is 5.64. The summed E-state index contributed by atoms with van der Waals surface area (Å²) in [7, 11) is 0. The molecule has 2 fully saturated rings. The monoisotopic (exact) mass is 293 g/mol. The van der Waals surface area contributed by atoms with Crippen molar-refractivity contribution in [3.8, 4) is 0 Å². The van der Waals surface area contributed by atoms with Gasteiger partial charge < -0.3 is 5.32 Å². The summed E-state index contributed by atoms with van der Waals surface area (Å²) in [5.41, 5.74) is 0.513. The van der Waals surface area contributed by atoms with E-state index < -0.39 is 0 Å². The smallest absolute Gasteiger partial charge is 0.0123 e. The van der Waals surface area contributed by atoms with Crippen LogP contribution >= 0.6 is 0 Å². The molecule has 1 heteroatoms. The summed E-state index contributed by atoms with van der Waals surface area (Å²) < 4.78 is 0. The molecule has 0 aromatic heterocycles. The van der Waals surface area contributed by atoms with Crippen molar-refractivity contribution in [3.05, 3.63) is 0 Å². The van der Waals surface area contributed by atoms with Gasteiger partial charge >= 0.3 is 0 Å². The number of hydrogen-bond acceptors (Lipinski definition) is 1. The van der Waals surface area contributed by atoms with Gasteiger partial charge in [0.15, 0.2) is 0 Å². The van der Waals surface area contributed by atoms with Crippen LogP contribution in [0, 0.1) is 29.1 Å². The Kier molecular flexibility index (Phi) is 6.17. The van der Waals surface area contributed by atoms with Gasteiger partial charge in [-0.15, -0.1) is 0 Å². The summed E-state index contributed by atoms with van der Waals surface area (Å²) in [6, 6.07) is 0.809. The fourth-order valence-corrected chi connectivity index (χ4v) is 4.94. The molecule has 1 nitrogen and oxygen atoms in total. The van der Waals surface area contributed by atoms with Crippen LogP contribution in [0.4, 0.5) is 0 Å². The van der Waals surface area contributed by atoms with Crippen molar-refractivity contribution in [3.63, 3.8) is 0 Å². The summed E-state index contributed by atoms with van der Waals surface area (Å²) in [4.78, 5) is 0. The first-order chi connectivity index (χ1) is 9.91. The minimum atomic E-state index is 0.513. The second kappa shape index (κ2) is 7.49. The van der Waals surface area contributed by atoms with Gasteiger partial charge in [0.2, 0.25) is 0 Å². The molecular weight excluding hydrogens is 254 g/mol. The van der Waals surface area contributed by atoms with Gasteiger partial charge in [-0.25, -0.2) is 0 Å².